The van der Waals surface area contributed by atoms with E-state index in [1.807, 2.05) is 42.5 Å². The molecule has 0 saturated heterocycles. The van der Waals surface area contributed by atoms with E-state index in [0.717, 1.165) is 17.5 Å². The van der Waals surface area contributed by atoms with Crippen molar-refractivity contribution in [3.63, 3.8) is 0 Å². The lowest BCUT2D eigenvalue weighted by atomic mass is 10.1. The van der Waals surface area contributed by atoms with Crippen molar-refractivity contribution >= 4 is 17.6 Å². The minimum Gasteiger partial charge on any atom is -0.337 e. The summed E-state index contributed by atoms with van der Waals surface area (Å²) in [5.74, 6) is 1.01. The van der Waals surface area contributed by atoms with E-state index >= 15 is 0 Å². The Kier molecular flexibility index (Phi) is 4.12. The smallest absolute Gasteiger partial charge is 0.291 e. The number of likely N-dealkylation sites (N-methyl/N-ethyl adjacent to an activating group) is 1. The van der Waals surface area contributed by atoms with Gasteiger partial charge in [-0.2, -0.15) is 0 Å². The van der Waals surface area contributed by atoms with Gasteiger partial charge in [-0.25, -0.2) is 9.97 Å². The van der Waals surface area contributed by atoms with Crippen LogP contribution in [0.2, 0.25) is 0 Å². The van der Waals surface area contributed by atoms with Gasteiger partial charge in [0.25, 0.3) is 11.8 Å². The summed E-state index contributed by atoms with van der Waals surface area (Å²) in [6.45, 7) is 0. The molecule has 1 aromatic carbocycles. The minimum atomic E-state index is -0.609. The molecule has 2 N–H and O–H groups in total. The molecule has 0 bridgehead atoms. The molecule has 2 amide bonds. The highest BCUT2D eigenvalue weighted by molar-refractivity contribution is 6.02. The standard InChI is InChI=1S/C21H20N6O2/c1-27-19-13(8-5-9-22-19)14-11-15(14)17(21(27)29)24-20(28)18-23-16(25-26-18)10-12-6-3-2-4-7-12/h2-9,14-15,17H,10-11H2,1H3,(H,24,28)(H,23,25,26)/t14?,15-,17-/m1/s1. The number of anilines is 1. The summed E-state index contributed by atoms with van der Waals surface area (Å²) < 4.78 is 0. The van der Waals surface area contributed by atoms with Gasteiger partial charge in [-0.1, -0.05) is 36.4 Å². The number of benzene rings is 1. The van der Waals surface area contributed by atoms with E-state index in [1.54, 1.807) is 13.2 Å². The zero-order valence-corrected chi connectivity index (χ0v) is 15.9. The first kappa shape index (κ1) is 17.5. The summed E-state index contributed by atoms with van der Waals surface area (Å²) in [4.78, 5) is 35.9. The highest BCUT2D eigenvalue weighted by Gasteiger charge is 2.52. The Bertz CT molecular complexity index is 1080. The van der Waals surface area contributed by atoms with Crippen LogP contribution in [0.5, 0.6) is 0 Å². The molecule has 3 heterocycles. The van der Waals surface area contributed by atoms with Crippen LogP contribution in [0.15, 0.2) is 48.7 Å². The van der Waals surface area contributed by atoms with Crippen molar-refractivity contribution < 1.29 is 9.59 Å². The normalized spacial score (nSPS) is 22.4. The van der Waals surface area contributed by atoms with Crippen molar-refractivity contribution in [1.82, 2.24) is 25.5 Å². The Balaban J connectivity index is 1.32. The van der Waals surface area contributed by atoms with Crippen molar-refractivity contribution in [2.45, 2.75) is 24.8 Å². The lowest BCUT2D eigenvalue weighted by molar-refractivity contribution is -0.120. The van der Waals surface area contributed by atoms with Crippen LogP contribution in [0, 0.1) is 5.92 Å². The zero-order chi connectivity index (χ0) is 20.0. The van der Waals surface area contributed by atoms with E-state index in [1.165, 1.54) is 4.90 Å². The number of carbonyl (C=O) groups excluding carboxylic acids is 2. The maximum atomic E-state index is 13.0. The van der Waals surface area contributed by atoms with Crippen LogP contribution in [0.4, 0.5) is 5.82 Å². The molecule has 29 heavy (non-hydrogen) atoms. The SMILES string of the molecule is CN1C(=O)[C@H](NC(=O)c2n[nH]c(Cc3ccccc3)n2)[C@@H]2CC2c2cccnc21. The predicted molar refractivity (Wildman–Crippen MR) is 105 cm³/mol. The number of nitrogens with one attached hydrogen (secondary N) is 2. The van der Waals surface area contributed by atoms with Crippen LogP contribution in [0.25, 0.3) is 0 Å². The van der Waals surface area contributed by atoms with Gasteiger partial charge in [-0.3, -0.25) is 19.6 Å². The van der Waals surface area contributed by atoms with Gasteiger partial charge >= 0.3 is 0 Å². The average Bonchev–Trinajstić information content (AvgIpc) is 3.41. The van der Waals surface area contributed by atoms with Crippen LogP contribution in [0.1, 0.15) is 39.9 Å². The lowest BCUT2D eigenvalue weighted by Gasteiger charge is -2.22. The molecule has 0 radical (unpaired) electrons. The fraction of sp³-hybridized carbons (Fsp3) is 0.286. The molecule has 1 aliphatic heterocycles. The number of aromatic amines is 1. The number of hydrogen-bond donors (Lipinski definition) is 2. The number of carbonyl (C=O) groups is 2. The fourth-order valence-electron chi connectivity index (χ4n) is 4.06. The quantitative estimate of drug-likeness (QED) is 0.708. The predicted octanol–water partition coefficient (Wildman–Crippen LogP) is 1.67. The summed E-state index contributed by atoms with van der Waals surface area (Å²) in [6.07, 6.45) is 3.09. The van der Waals surface area contributed by atoms with Gasteiger partial charge in [-0.05, 0) is 35.4 Å². The molecule has 2 aromatic heterocycles. The van der Waals surface area contributed by atoms with Gasteiger partial charge in [0.05, 0.1) is 0 Å². The second-order valence-electron chi connectivity index (χ2n) is 7.54. The molecular formula is C21H20N6O2. The molecule has 0 spiro atoms. The summed E-state index contributed by atoms with van der Waals surface area (Å²) in [6, 6.07) is 13.1. The molecule has 3 aromatic rings. The Hall–Kier alpha value is -3.55. The molecule has 1 unspecified atom stereocenters. The van der Waals surface area contributed by atoms with Crippen LogP contribution < -0.4 is 10.2 Å². The van der Waals surface area contributed by atoms with E-state index in [4.69, 9.17) is 0 Å². The molecule has 8 nitrogen and oxygen atoms in total. The maximum absolute atomic E-state index is 13.0. The van der Waals surface area contributed by atoms with E-state index in [0.29, 0.717) is 18.1 Å². The van der Waals surface area contributed by atoms with Crippen molar-refractivity contribution in [3.05, 3.63) is 71.4 Å². The summed E-state index contributed by atoms with van der Waals surface area (Å²) in [7, 11) is 1.70. The van der Waals surface area contributed by atoms with E-state index < -0.39 is 11.9 Å². The number of rotatable bonds is 4. The number of hydrogen-bond acceptors (Lipinski definition) is 5. The Morgan fingerprint density at radius 2 is 2.07 bits per heavy atom. The van der Waals surface area contributed by atoms with Crippen molar-refractivity contribution in [2.24, 2.45) is 5.92 Å². The van der Waals surface area contributed by atoms with Crippen LogP contribution >= 0.6 is 0 Å². The first-order chi connectivity index (χ1) is 14.1. The third kappa shape index (κ3) is 3.16. The van der Waals surface area contributed by atoms with Crippen molar-refractivity contribution in [2.75, 3.05) is 11.9 Å². The third-order valence-corrected chi connectivity index (χ3v) is 5.63. The summed E-state index contributed by atoms with van der Waals surface area (Å²) in [5.41, 5.74) is 2.13. The van der Waals surface area contributed by atoms with Crippen molar-refractivity contribution in [3.8, 4) is 0 Å². The fourth-order valence-corrected chi connectivity index (χ4v) is 4.06. The molecule has 1 aliphatic carbocycles. The van der Waals surface area contributed by atoms with Gasteiger partial charge in [0, 0.05) is 19.7 Å². The molecule has 5 rings (SSSR count). The van der Waals surface area contributed by atoms with E-state index in [-0.39, 0.29) is 23.6 Å². The molecule has 1 saturated carbocycles. The molecule has 146 valence electrons. The highest BCUT2D eigenvalue weighted by atomic mass is 16.2. The zero-order valence-electron chi connectivity index (χ0n) is 15.9. The highest BCUT2D eigenvalue weighted by Crippen LogP contribution is 2.53. The number of pyridine rings is 1. The number of amides is 2. The molecule has 3 atom stereocenters. The lowest BCUT2D eigenvalue weighted by Crippen LogP contribution is -2.48. The van der Waals surface area contributed by atoms with Crippen LogP contribution in [0.3, 0.4) is 0 Å². The molecule has 1 fully saturated rings. The second kappa shape index (κ2) is 6.80. The molecule has 8 heteroatoms. The molecule has 2 aliphatic rings. The number of fused-ring (bicyclic) bond motifs is 3. The summed E-state index contributed by atoms with van der Waals surface area (Å²) in [5, 5.41) is 9.71. The average molecular weight is 388 g/mol. The monoisotopic (exact) mass is 388 g/mol. The first-order valence-corrected chi connectivity index (χ1v) is 9.60. The van der Waals surface area contributed by atoms with Gasteiger partial charge < -0.3 is 5.32 Å². The number of aromatic nitrogens is 4. The third-order valence-electron chi connectivity index (χ3n) is 5.63. The largest absolute Gasteiger partial charge is 0.337 e. The van der Waals surface area contributed by atoms with E-state index in [2.05, 4.69) is 25.5 Å². The number of nitrogens with zero attached hydrogens (tertiary/aromatic N) is 4. The topological polar surface area (TPSA) is 104 Å². The Morgan fingerprint density at radius 3 is 2.90 bits per heavy atom. The Labute approximate surface area is 167 Å². The van der Waals surface area contributed by atoms with Crippen LogP contribution in [-0.2, 0) is 11.2 Å². The van der Waals surface area contributed by atoms with E-state index in [9.17, 15) is 9.59 Å². The minimum absolute atomic E-state index is 0.0449. The maximum Gasteiger partial charge on any atom is 0.291 e. The number of H-pyrrole nitrogens is 1. The summed E-state index contributed by atoms with van der Waals surface area (Å²) >= 11 is 0. The van der Waals surface area contributed by atoms with Crippen molar-refractivity contribution in [1.29, 1.82) is 0 Å². The first-order valence-electron chi connectivity index (χ1n) is 9.60. The second-order valence-corrected chi connectivity index (χ2v) is 7.54. The van der Waals surface area contributed by atoms with Crippen LogP contribution in [-0.4, -0.2) is 45.1 Å². The van der Waals surface area contributed by atoms with Gasteiger partial charge in [0.2, 0.25) is 5.82 Å². The van der Waals surface area contributed by atoms with Gasteiger partial charge in [0.1, 0.15) is 17.7 Å². The van der Waals surface area contributed by atoms with Gasteiger partial charge in [0.15, 0.2) is 0 Å². The molecular weight excluding hydrogens is 368 g/mol. The van der Waals surface area contributed by atoms with Gasteiger partial charge in [-0.15, -0.1) is 5.10 Å². The Morgan fingerprint density at radius 1 is 1.24 bits per heavy atom.